The van der Waals surface area contributed by atoms with Crippen LogP contribution in [0.3, 0.4) is 0 Å². The zero-order valence-electron chi connectivity index (χ0n) is 9.83. The van der Waals surface area contributed by atoms with Crippen LogP contribution in [-0.4, -0.2) is 30.0 Å². The summed E-state index contributed by atoms with van der Waals surface area (Å²) < 4.78 is 5.40. The Bertz CT molecular complexity index is 503. The Labute approximate surface area is 103 Å². The topological polar surface area (TPSA) is 98.7 Å². The molecule has 0 saturated heterocycles. The van der Waals surface area contributed by atoms with E-state index in [1.807, 2.05) is 0 Å². The van der Waals surface area contributed by atoms with Gasteiger partial charge >= 0.3 is 0 Å². The first-order chi connectivity index (χ1) is 8.54. The molecular weight excluding hydrogens is 238 g/mol. The van der Waals surface area contributed by atoms with E-state index < -0.39 is 11.0 Å². The van der Waals surface area contributed by atoms with Crippen molar-refractivity contribution in [2.45, 2.75) is 13.0 Å². The van der Waals surface area contributed by atoms with Gasteiger partial charge in [0, 0.05) is 25.2 Å². The van der Waals surface area contributed by atoms with Crippen LogP contribution < -0.4 is 15.4 Å². The van der Waals surface area contributed by atoms with E-state index in [9.17, 15) is 14.9 Å². The minimum atomic E-state index is -0.606. The molecule has 0 saturated carbocycles. The number of ether oxygens (including phenoxy) is 1. The maximum atomic E-state index is 11.9. The number of nitro benzene ring substituents is 1. The molecule has 0 radical (unpaired) electrons. The van der Waals surface area contributed by atoms with Gasteiger partial charge in [-0.3, -0.25) is 14.9 Å². The Hall–Kier alpha value is -2.15. The first-order valence-electron chi connectivity index (χ1n) is 5.51. The summed E-state index contributed by atoms with van der Waals surface area (Å²) in [5.41, 5.74) is 5.77. The molecule has 1 unspecified atom stereocenters. The van der Waals surface area contributed by atoms with Gasteiger partial charge in [-0.1, -0.05) is 0 Å². The summed E-state index contributed by atoms with van der Waals surface area (Å²) in [6, 6.07) is 4.18. The molecule has 7 nitrogen and oxygen atoms in total. The van der Waals surface area contributed by atoms with Crippen LogP contribution in [0.2, 0.25) is 0 Å². The van der Waals surface area contributed by atoms with Crippen molar-refractivity contribution in [3.05, 3.63) is 28.3 Å². The monoisotopic (exact) mass is 251 g/mol. The van der Waals surface area contributed by atoms with Crippen LogP contribution in [0.15, 0.2) is 18.2 Å². The lowest BCUT2D eigenvalue weighted by molar-refractivity contribution is -0.384. The van der Waals surface area contributed by atoms with Gasteiger partial charge < -0.3 is 15.4 Å². The third kappa shape index (κ3) is 2.00. The molecule has 0 spiro atoms. The maximum Gasteiger partial charge on any atom is 0.271 e. The van der Waals surface area contributed by atoms with Crippen molar-refractivity contribution in [1.82, 2.24) is 0 Å². The van der Waals surface area contributed by atoms with Gasteiger partial charge in [-0.05, 0) is 13.0 Å². The smallest absolute Gasteiger partial charge is 0.271 e. The number of rotatable bonds is 3. The standard InChI is InChI=1S/C11H13N3O4/c1-7-11(15)13(5-4-12)9-6-8(14(16)17)2-3-10(9)18-7/h2-3,6-7H,4-5,12H2,1H3. The van der Waals surface area contributed by atoms with Gasteiger partial charge in [0.2, 0.25) is 0 Å². The Balaban J connectivity index is 2.48. The Morgan fingerprint density at radius 3 is 2.89 bits per heavy atom. The first-order valence-corrected chi connectivity index (χ1v) is 5.51. The summed E-state index contributed by atoms with van der Waals surface area (Å²) in [5.74, 6) is 0.217. The number of fused-ring (bicyclic) bond motifs is 1. The van der Waals surface area contributed by atoms with Gasteiger partial charge in [0.15, 0.2) is 6.10 Å². The molecule has 0 aromatic heterocycles. The van der Waals surface area contributed by atoms with Crippen molar-refractivity contribution in [3.8, 4) is 5.75 Å². The van der Waals surface area contributed by atoms with Crippen LogP contribution in [0.25, 0.3) is 0 Å². The number of benzene rings is 1. The predicted octanol–water partition coefficient (Wildman–Crippen LogP) is 0.667. The highest BCUT2D eigenvalue weighted by molar-refractivity contribution is 6.00. The molecule has 1 aromatic carbocycles. The van der Waals surface area contributed by atoms with Gasteiger partial charge in [0.05, 0.1) is 10.6 Å². The minimum absolute atomic E-state index is 0.0817. The molecule has 7 heteroatoms. The van der Waals surface area contributed by atoms with Crippen molar-refractivity contribution in [2.24, 2.45) is 5.73 Å². The largest absolute Gasteiger partial charge is 0.479 e. The second kappa shape index (κ2) is 4.61. The van der Waals surface area contributed by atoms with Gasteiger partial charge in [0.25, 0.3) is 11.6 Å². The van der Waals surface area contributed by atoms with Crippen molar-refractivity contribution < 1.29 is 14.5 Å². The van der Waals surface area contributed by atoms with Crippen molar-refractivity contribution in [3.63, 3.8) is 0 Å². The summed E-state index contributed by atoms with van der Waals surface area (Å²) in [6.45, 7) is 2.22. The number of nitrogens with two attached hydrogens (primary N) is 1. The number of nitrogens with zero attached hydrogens (tertiary/aromatic N) is 2. The number of nitro groups is 1. The van der Waals surface area contributed by atoms with E-state index in [0.29, 0.717) is 18.0 Å². The molecule has 0 aliphatic carbocycles. The number of carbonyl (C=O) groups is 1. The molecule has 1 aliphatic heterocycles. The van der Waals surface area contributed by atoms with Gasteiger partial charge in [0.1, 0.15) is 5.75 Å². The fourth-order valence-corrected chi connectivity index (χ4v) is 1.87. The van der Waals surface area contributed by atoms with Crippen LogP contribution in [0.5, 0.6) is 5.75 Å². The summed E-state index contributed by atoms with van der Waals surface area (Å²) in [6.07, 6.45) is -0.606. The van der Waals surface area contributed by atoms with Crippen LogP contribution >= 0.6 is 0 Å². The molecule has 2 N–H and O–H groups in total. The van der Waals surface area contributed by atoms with Gasteiger partial charge in [-0.15, -0.1) is 0 Å². The van der Waals surface area contributed by atoms with Gasteiger partial charge in [-0.25, -0.2) is 0 Å². The summed E-state index contributed by atoms with van der Waals surface area (Å²) >= 11 is 0. The van der Waals surface area contributed by atoms with Gasteiger partial charge in [-0.2, -0.15) is 0 Å². The third-order valence-electron chi connectivity index (χ3n) is 2.71. The Kier molecular flexibility index (Phi) is 3.15. The number of carbonyl (C=O) groups excluding carboxylic acids is 1. The molecule has 1 aliphatic rings. The van der Waals surface area contributed by atoms with E-state index in [2.05, 4.69) is 0 Å². The highest BCUT2D eigenvalue weighted by Crippen LogP contribution is 2.36. The van der Waals surface area contributed by atoms with Crippen LogP contribution in [0.4, 0.5) is 11.4 Å². The summed E-state index contributed by atoms with van der Waals surface area (Å²) in [7, 11) is 0. The molecule has 96 valence electrons. The summed E-state index contributed by atoms with van der Waals surface area (Å²) in [5, 5.41) is 10.7. The number of amides is 1. The average Bonchev–Trinajstić information content (AvgIpc) is 2.34. The molecule has 1 atom stereocenters. The van der Waals surface area contributed by atoms with E-state index in [0.717, 1.165) is 0 Å². The van der Waals surface area contributed by atoms with Crippen LogP contribution in [-0.2, 0) is 4.79 Å². The predicted molar refractivity (Wildman–Crippen MR) is 64.6 cm³/mol. The number of non-ortho nitro benzene ring substituents is 1. The Morgan fingerprint density at radius 1 is 1.56 bits per heavy atom. The molecule has 0 fully saturated rings. The van der Waals surface area contributed by atoms with E-state index in [4.69, 9.17) is 10.5 Å². The van der Waals surface area contributed by atoms with Crippen LogP contribution in [0.1, 0.15) is 6.92 Å². The fraction of sp³-hybridized carbons (Fsp3) is 0.364. The van der Waals surface area contributed by atoms with Crippen molar-refractivity contribution in [2.75, 3.05) is 18.0 Å². The van der Waals surface area contributed by atoms with E-state index in [-0.39, 0.29) is 18.1 Å². The first kappa shape index (κ1) is 12.3. The van der Waals surface area contributed by atoms with E-state index >= 15 is 0 Å². The fourth-order valence-electron chi connectivity index (χ4n) is 1.87. The quantitative estimate of drug-likeness (QED) is 0.628. The van der Waals surface area contributed by atoms with E-state index in [1.165, 1.54) is 23.1 Å². The molecule has 18 heavy (non-hydrogen) atoms. The highest BCUT2D eigenvalue weighted by Gasteiger charge is 2.32. The zero-order chi connectivity index (χ0) is 13.3. The lowest BCUT2D eigenvalue weighted by Gasteiger charge is -2.32. The Morgan fingerprint density at radius 2 is 2.28 bits per heavy atom. The highest BCUT2D eigenvalue weighted by atomic mass is 16.6. The average molecular weight is 251 g/mol. The molecule has 1 heterocycles. The molecule has 0 bridgehead atoms. The minimum Gasteiger partial charge on any atom is -0.479 e. The van der Waals surface area contributed by atoms with Crippen molar-refractivity contribution >= 4 is 17.3 Å². The molecular formula is C11H13N3O4. The second-order valence-electron chi connectivity index (χ2n) is 3.95. The van der Waals surface area contributed by atoms with E-state index in [1.54, 1.807) is 6.92 Å². The van der Waals surface area contributed by atoms with Crippen molar-refractivity contribution in [1.29, 1.82) is 0 Å². The maximum absolute atomic E-state index is 11.9. The summed E-state index contributed by atoms with van der Waals surface area (Å²) in [4.78, 5) is 23.6. The number of hydrogen-bond donors (Lipinski definition) is 1. The zero-order valence-corrected chi connectivity index (χ0v) is 9.83. The number of anilines is 1. The number of hydrogen-bond acceptors (Lipinski definition) is 5. The molecule has 1 amide bonds. The lowest BCUT2D eigenvalue weighted by atomic mass is 10.1. The van der Waals surface area contributed by atoms with Crippen LogP contribution in [0, 0.1) is 10.1 Å². The third-order valence-corrected chi connectivity index (χ3v) is 2.71. The SMILES string of the molecule is CC1Oc2ccc([N+](=O)[O-])cc2N(CCN)C1=O. The molecule has 2 rings (SSSR count). The second-order valence-corrected chi connectivity index (χ2v) is 3.95. The molecule has 1 aromatic rings. The normalized spacial score (nSPS) is 18.2. The lowest BCUT2D eigenvalue weighted by Crippen LogP contribution is -2.46.